The number of hydrogen-bond acceptors (Lipinski definition) is 3. The molecule has 0 amide bonds. The number of ether oxygens (including phenoxy) is 1. The van der Waals surface area contributed by atoms with Crippen molar-refractivity contribution in [2.45, 2.75) is 12.3 Å². The van der Waals surface area contributed by atoms with E-state index >= 15 is 0 Å². The Morgan fingerprint density at radius 2 is 2.22 bits per heavy atom. The van der Waals surface area contributed by atoms with Gasteiger partial charge in [-0.25, -0.2) is 8.78 Å². The Hall–Kier alpha value is -1.15. The van der Waals surface area contributed by atoms with Gasteiger partial charge in [-0.15, -0.1) is 0 Å². The van der Waals surface area contributed by atoms with Crippen LogP contribution >= 0.6 is 11.6 Å². The van der Waals surface area contributed by atoms with Gasteiger partial charge in [0.1, 0.15) is 18.9 Å². The van der Waals surface area contributed by atoms with Crippen LogP contribution in [0.3, 0.4) is 0 Å². The summed E-state index contributed by atoms with van der Waals surface area (Å²) in [6.07, 6.45) is -2.64. The number of hydrogen-bond donors (Lipinski definition) is 0. The molecule has 0 aliphatic heterocycles. The highest BCUT2D eigenvalue weighted by Crippen LogP contribution is 2.23. The summed E-state index contributed by atoms with van der Waals surface area (Å²) in [4.78, 5) is 11.5. The lowest BCUT2D eigenvalue weighted by Gasteiger charge is -2.14. The van der Waals surface area contributed by atoms with Crippen LogP contribution in [-0.2, 0) is 11.8 Å². The zero-order chi connectivity index (χ0) is 13.9. The number of carbonyl (C=O) groups is 1. The lowest BCUT2D eigenvalue weighted by atomic mass is 10.3. The van der Waals surface area contributed by atoms with E-state index in [2.05, 4.69) is 9.84 Å². The fourth-order valence-corrected chi connectivity index (χ4v) is 1.41. The minimum Gasteiger partial charge on any atom is -0.367 e. The molecular weight excluding hydrogens is 280 g/mol. The van der Waals surface area contributed by atoms with E-state index in [1.54, 1.807) is 0 Å². The van der Waals surface area contributed by atoms with E-state index in [1.165, 1.54) is 13.2 Å². The average Bonchev–Trinajstić information content (AvgIpc) is 2.58. The second kappa shape index (κ2) is 5.66. The van der Waals surface area contributed by atoms with Gasteiger partial charge in [0.2, 0.25) is 5.78 Å². The molecule has 0 aliphatic carbocycles. The first kappa shape index (κ1) is 14.9. The van der Waals surface area contributed by atoms with E-state index in [9.17, 15) is 22.4 Å². The molecule has 0 radical (unpaired) electrons. The van der Waals surface area contributed by atoms with Crippen molar-refractivity contribution in [2.24, 2.45) is 7.05 Å². The lowest BCUT2D eigenvalue weighted by molar-refractivity contribution is -0.163. The highest BCUT2D eigenvalue weighted by atomic mass is 35.5. The third-order valence-electron chi connectivity index (χ3n) is 2.01. The molecular formula is C9H9ClF4N2O2. The molecule has 1 heterocycles. The van der Waals surface area contributed by atoms with Gasteiger partial charge < -0.3 is 4.74 Å². The van der Waals surface area contributed by atoms with Crippen LogP contribution in [0.25, 0.3) is 0 Å². The first-order valence-corrected chi connectivity index (χ1v) is 5.08. The third kappa shape index (κ3) is 3.42. The summed E-state index contributed by atoms with van der Waals surface area (Å²) in [7, 11) is 1.42. The highest BCUT2D eigenvalue weighted by molar-refractivity contribution is 6.33. The van der Waals surface area contributed by atoms with Crippen LogP contribution in [0.1, 0.15) is 10.5 Å². The summed E-state index contributed by atoms with van der Waals surface area (Å²) in [5.74, 6) is -5.00. The van der Waals surface area contributed by atoms with Crippen LogP contribution in [0.2, 0.25) is 5.02 Å². The maximum atomic E-state index is 12.5. The van der Waals surface area contributed by atoms with Crippen molar-refractivity contribution in [3.8, 4) is 0 Å². The fourth-order valence-electron chi connectivity index (χ4n) is 1.14. The van der Waals surface area contributed by atoms with E-state index in [-0.39, 0.29) is 10.7 Å². The first-order valence-electron chi connectivity index (χ1n) is 4.70. The quantitative estimate of drug-likeness (QED) is 0.595. The molecule has 0 atom stereocenters. The van der Waals surface area contributed by atoms with Gasteiger partial charge in [0.15, 0.2) is 0 Å². The van der Waals surface area contributed by atoms with Gasteiger partial charge in [-0.05, 0) is 0 Å². The molecule has 0 unspecified atom stereocenters. The normalized spacial score (nSPS) is 12.2. The molecule has 0 spiro atoms. The zero-order valence-electron chi connectivity index (χ0n) is 9.17. The van der Waals surface area contributed by atoms with E-state index in [0.717, 1.165) is 4.68 Å². The Labute approximate surface area is 104 Å². The monoisotopic (exact) mass is 288 g/mol. The minimum absolute atomic E-state index is 0.0305. The lowest BCUT2D eigenvalue weighted by Crippen LogP contribution is -2.33. The molecule has 0 saturated carbocycles. The molecule has 1 aromatic heterocycles. The maximum Gasteiger partial charge on any atom is 0.330 e. The summed E-state index contributed by atoms with van der Waals surface area (Å²) in [6, 6.07) is 0. The Morgan fingerprint density at radius 1 is 1.61 bits per heavy atom. The van der Waals surface area contributed by atoms with E-state index < -0.39 is 31.3 Å². The zero-order valence-corrected chi connectivity index (χ0v) is 9.93. The first-order chi connectivity index (χ1) is 8.25. The Balaban J connectivity index is 2.53. The van der Waals surface area contributed by atoms with Crippen LogP contribution < -0.4 is 0 Å². The van der Waals surface area contributed by atoms with Crippen molar-refractivity contribution in [2.75, 3.05) is 13.2 Å². The van der Waals surface area contributed by atoms with Gasteiger partial charge in [-0.3, -0.25) is 9.48 Å². The van der Waals surface area contributed by atoms with Gasteiger partial charge in [0, 0.05) is 7.05 Å². The number of Topliss-reactive ketones (excluding diaryl/α,β-unsaturated/α-hetero) is 1. The SMILES string of the molecule is Cn1ncc(Cl)c1C(=O)COCC(F)(F)C(F)F. The second-order valence-electron chi connectivity index (χ2n) is 3.44. The molecule has 18 heavy (non-hydrogen) atoms. The van der Waals surface area contributed by atoms with Crippen molar-refractivity contribution in [3.05, 3.63) is 16.9 Å². The molecule has 0 fully saturated rings. The van der Waals surface area contributed by atoms with Crippen LogP contribution in [0, 0.1) is 0 Å². The van der Waals surface area contributed by atoms with Gasteiger partial charge >= 0.3 is 12.3 Å². The van der Waals surface area contributed by atoms with Crippen LogP contribution in [-0.4, -0.2) is 41.1 Å². The molecule has 0 bridgehead atoms. The van der Waals surface area contributed by atoms with Gasteiger partial charge in [-0.1, -0.05) is 11.6 Å². The number of rotatable bonds is 6. The van der Waals surface area contributed by atoms with Crippen molar-refractivity contribution in [1.29, 1.82) is 0 Å². The molecule has 0 N–H and O–H groups in total. The summed E-state index contributed by atoms with van der Waals surface area (Å²) >= 11 is 5.63. The summed E-state index contributed by atoms with van der Waals surface area (Å²) < 4.78 is 53.9. The Morgan fingerprint density at radius 3 is 2.67 bits per heavy atom. The highest BCUT2D eigenvalue weighted by Gasteiger charge is 2.41. The van der Waals surface area contributed by atoms with Gasteiger partial charge in [-0.2, -0.15) is 13.9 Å². The van der Waals surface area contributed by atoms with Crippen LogP contribution in [0.5, 0.6) is 0 Å². The number of alkyl halides is 4. The predicted octanol–water partition coefficient (Wildman–Crippen LogP) is 2.17. The summed E-state index contributed by atoms with van der Waals surface area (Å²) in [5.41, 5.74) is -0.0305. The Bertz CT molecular complexity index is 417. The molecule has 1 rings (SSSR count). The van der Waals surface area contributed by atoms with Crippen LogP contribution in [0.4, 0.5) is 17.6 Å². The van der Waals surface area contributed by atoms with E-state index in [0.29, 0.717) is 0 Å². The number of halogens is 5. The number of nitrogens with zero attached hydrogens (tertiary/aromatic N) is 2. The van der Waals surface area contributed by atoms with E-state index in [4.69, 9.17) is 11.6 Å². The average molecular weight is 289 g/mol. The summed E-state index contributed by atoms with van der Waals surface area (Å²) in [5, 5.41) is 3.70. The van der Waals surface area contributed by atoms with Crippen molar-refractivity contribution in [1.82, 2.24) is 9.78 Å². The molecule has 1 aromatic rings. The van der Waals surface area contributed by atoms with E-state index in [1.807, 2.05) is 0 Å². The second-order valence-corrected chi connectivity index (χ2v) is 3.85. The molecule has 0 saturated heterocycles. The largest absolute Gasteiger partial charge is 0.367 e. The standard InChI is InChI=1S/C9H9ClF4N2O2/c1-16-7(5(10)2-15-16)6(17)3-18-4-9(13,14)8(11)12/h2,8H,3-4H2,1H3. The van der Waals surface area contributed by atoms with Crippen molar-refractivity contribution >= 4 is 17.4 Å². The fraction of sp³-hybridized carbons (Fsp3) is 0.556. The van der Waals surface area contributed by atoms with Gasteiger partial charge in [0.05, 0.1) is 11.2 Å². The number of carbonyl (C=O) groups excluding carboxylic acids is 1. The smallest absolute Gasteiger partial charge is 0.330 e. The van der Waals surface area contributed by atoms with Crippen molar-refractivity contribution in [3.63, 3.8) is 0 Å². The number of aryl methyl sites for hydroxylation is 1. The maximum absolute atomic E-state index is 12.5. The topological polar surface area (TPSA) is 44.1 Å². The molecule has 9 heteroatoms. The minimum atomic E-state index is -4.28. The molecule has 0 aromatic carbocycles. The number of aromatic nitrogens is 2. The van der Waals surface area contributed by atoms with Crippen LogP contribution in [0.15, 0.2) is 6.20 Å². The summed E-state index contributed by atoms with van der Waals surface area (Å²) in [6.45, 7) is -2.31. The predicted molar refractivity (Wildman–Crippen MR) is 54.3 cm³/mol. The molecule has 102 valence electrons. The molecule has 0 aliphatic rings. The number of ketones is 1. The van der Waals surface area contributed by atoms with Gasteiger partial charge in [0.25, 0.3) is 0 Å². The molecule has 4 nitrogen and oxygen atoms in total. The Kier molecular flexibility index (Phi) is 4.69. The van der Waals surface area contributed by atoms with Crippen molar-refractivity contribution < 1.29 is 27.1 Å². The third-order valence-corrected chi connectivity index (χ3v) is 2.28.